The third-order valence-corrected chi connectivity index (χ3v) is 2.78. The van der Waals surface area contributed by atoms with Crippen molar-refractivity contribution in [3.63, 3.8) is 0 Å². The van der Waals surface area contributed by atoms with Crippen LogP contribution >= 0.6 is 0 Å². The van der Waals surface area contributed by atoms with Crippen molar-refractivity contribution < 1.29 is 14.3 Å². The number of nitrogens with two attached hydrogens (primary N) is 1. The molecule has 1 aliphatic rings. The lowest BCUT2D eigenvalue weighted by molar-refractivity contribution is -0.146. The smallest absolute Gasteiger partial charge is 0.309 e. The van der Waals surface area contributed by atoms with Crippen LogP contribution in [-0.4, -0.2) is 32.8 Å². The number of carbonyl (C=O) groups excluding carboxylic acids is 1. The van der Waals surface area contributed by atoms with Gasteiger partial charge in [0.25, 0.3) is 0 Å². The molecule has 0 bridgehead atoms. The summed E-state index contributed by atoms with van der Waals surface area (Å²) in [6.45, 7) is 2.00. The molecule has 0 saturated carbocycles. The fourth-order valence-corrected chi connectivity index (χ4v) is 1.84. The van der Waals surface area contributed by atoms with Gasteiger partial charge in [-0.2, -0.15) is 0 Å². The van der Waals surface area contributed by atoms with E-state index in [0.29, 0.717) is 12.5 Å². The van der Waals surface area contributed by atoms with Crippen molar-refractivity contribution in [3.05, 3.63) is 0 Å². The molecule has 0 aromatic rings. The van der Waals surface area contributed by atoms with Crippen LogP contribution in [0.1, 0.15) is 19.3 Å². The molecule has 1 fully saturated rings. The van der Waals surface area contributed by atoms with Gasteiger partial charge in [0.15, 0.2) is 0 Å². The van der Waals surface area contributed by atoms with Gasteiger partial charge in [0.1, 0.15) is 0 Å². The highest BCUT2D eigenvalue weighted by molar-refractivity contribution is 5.72. The van der Waals surface area contributed by atoms with Crippen LogP contribution in [0, 0.1) is 11.8 Å². The molecule has 1 aliphatic heterocycles. The average Bonchev–Trinajstić information content (AvgIpc) is 2.26. The number of hydrogen-bond donors (Lipinski definition) is 1. The number of methoxy groups -OCH3 is 1. The van der Waals surface area contributed by atoms with E-state index in [1.165, 1.54) is 7.11 Å². The minimum absolute atomic E-state index is 0.136. The van der Waals surface area contributed by atoms with Crippen molar-refractivity contribution in [3.8, 4) is 0 Å². The molecule has 1 rings (SSSR count). The van der Waals surface area contributed by atoms with Gasteiger partial charge in [-0.1, -0.05) is 0 Å². The molecular weight excluding hydrogens is 182 g/mol. The quantitative estimate of drug-likeness (QED) is 0.675. The van der Waals surface area contributed by atoms with Gasteiger partial charge < -0.3 is 15.2 Å². The van der Waals surface area contributed by atoms with E-state index in [1.54, 1.807) is 0 Å². The third kappa shape index (κ3) is 3.27. The Kier molecular flexibility index (Phi) is 4.90. The van der Waals surface area contributed by atoms with Crippen molar-refractivity contribution >= 4 is 5.97 Å². The van der Waals surface area contributed by atoms with Crippen LogP contribution < -0.4 is 5.73 Å². The molecule has 14 heavy (non-hydrogen) atoms. The van der Waals surface area contributed by atoms with Gasteiger partial charge in [0, 0.05) is 19.8 Å². The summed E-state index contributed by atoms with van der Waals surface area (Å²) in [4.78, 5) is 11.3. The standard InChI is InChI=1S/C10H19NO3/c1-13-10(12)9(7-11)6-8-2-4-14-5-3-8/h8-9H,2-7,11H2,1H3/t9-/m1/s1. The number of esters is 1. The zero-order valence-electron chi connectivity index (χ0n) is 8.70. The molecule has 0 spiro atoms. The fraction of sp³-hybridized carbons (Fsp3) is 0.900. The first-order valence-corrected chi connectivity index (χ1v) is 5.13. The molecule has 4 heteroatoms. The van der Waals surface area contributed by atoms with Crippen molar-refractivity contribution in [1.82, 2.24) is 0 Å². The Labute approximate surface area is 84.7 Å². The molecular formula is C10H19NO3. The van der Waals surface area contributed by atoms with Gasteiger partial charge in [-0.15, -0.1) is 0 Å². The van der Waals surface area contributed by atoms with Crippen LogP contribution in [-0.2, 0) is 14.3 Å². The lowest BCUT2D eigenvalue weighted by atomic mass is 9.89. The number of rotatable bonds is 4. The minimum Gasteiger partial charge on any atom is -0.469 e. The maximum atomic E-state index is 11.3. The molecule has 1 saturated heterocycles. The highest BCUT2D eigenvalue weighted by atomic mass is 16.5. The molecule has 0 aromatic heterocycles. The van der Waals surface area contributed by atoms with E-state index in [0.717, 1.165) is 32.5 Å². The fourth-order valence-electron chi connectivity index (χ4n) is 1.84. The van der Waals surface area contributed by atoms with Gasteiger partial charge in [-0.3, -0.25) is 4.79 Å². The van der Waals surface area contributed by atoms with E-state index < -0.39 is 0 Å². The molecule has 0 radical (unpaired) electrons. The molecule has 1 heterocycles. The molecule has 1 atom stereocenters. The lowest BCUT2D eigenvalue weighted by Gasteiger charge is -2.24. The maximum absolute atomic E-state index is 11.3. The van der Waals surface area contributed by atoms with Gasteiger partial charge >= 0.3 is 5.97 Å². The maximum Gasteiger partial charge on any atom is 0.309 e. The van der Waals surface area contributed by atoms with E-state index in [4.69, 9.17) is 15.2 Å². The van der Waals surface area contributed by atoms with Crippen LogP contribution in [0.15, 0.2) is 0 Å². The number of hydrogen-bond acceptors (Lipinski definition) is 4. The largest absolute Gasteiger partial charge is 0.469 e. The van der Waals surface area contributed by atoms with Crippen LogP contribution in [0.2, 0.25) is 0 Å². The summed E-state index contributed by atoms with van der Waals surface area (Å²) in [6.07, 6.45) is 2.91. The second kappa shape index (κ2) is 5.98. The summed E-state index contributed by atoms with van der Waals surface area (Å²) in [5, 5.41) is 0. The summed E-state index contributed by atoms with van der Waals surface area (Å²) in [6, 6.07) is 0. The van der Waals surface area contributed by atoms with Crippen LogP contribution in [0.3, 0.4) is 0 Å². The second-order valence-electron chi connectivity index (χ2n) is 3.75. The minimum atomic E-state index is -0.181. The highest BCUT2D eigenvalue weighted by Crippen LogP contribution is 2.23. The zero-order valence-corrected chi connectivity index (χ0v) is 8.70. The summed E-state index contributed by atoms with van der Waals surface area (Å²) >= 11 is 0. The van der Waals surface area contributed by atoms with Crippen LogP contribution in [0.4, 0.5) is 0 Å². The first-order chi connectivity index (χ1) is 6.77. The van der Waals surface area contributed by atoms with Crippen LogP contribution in [0.5, 0.6) is 0 Å². The average molecular weight is 201 g/mol. The molecule has 4 nitrogen and oxygen atoms in total. The normalized spacial score (nSPS) is 20.4. The van der Waals surface area contributed by atoms with Gasteiger partial charge in [0.2, 0.25) is 0 Å². The van der Waals surface area contributed by atoms with E-state index in [1.807, 2.05) is 0 Å². The Morgan fingerprint density at radius 3 is 2.71 bits per heavy atom. The van der Waals surface area contributed by atoms with E-state index in [9.17, 15) is 4.79 Å². The van der Waals surface area contributed by atoms with Gasteiger partial charge in [-0.05, 0) is 25.2 Å². The first-order valence-electron chi connectivity index (χ1n) is 5.13. The Hall–Kier alpha value is -0.610. The van der Waals surface area contributed by atoms with E-state index >= 15 is 0 Å². The van der Waals surface area contributed by atoms with Gasteiger partial charge in [0.05, 0.1) is 13.0 Å². The molecule has 0 aromatic carbocycles. The predicted octanol–water partition coefficient (Wildman–Crippen LogP) is 0.551. The van der Waals surface area contributed by atoms with Crippen molar-refractivity contribution in [2.75, 3.05) is 26.9 Å². The predicted molar refractivity (Wildman–Crippen MR) is 52.7 cm³/mol. The SMILES string of the molecule is COC(=O)[C@@H](CN)CC1CCOCC1. The van der Waals surface area contributed by atoms with Crippen molar-refractivity contribution in [1.29, 1.82) is 0 Å². The number of carbonyl (C=O) groups is 1. The number of ether oxygens (including phenoxy) is 2. The lowest BCUT2D eigenvalue weighted by Crippen LogP contribution is -2.29. The second-order valence-corrected chi connectivity index (χ2v) is 3.75. The third-order valence-electron chi connectivity index (χ3n) is 2.78. The Bertz CT molecular complexity index is 178. The highest BCUT2D eigenvalue weighted by Gasteiger charge is 2.23. The van der Waals surface area contributed by atoms with Crippen molar-refractivity contribution in [2.45, 2.75) is 19.3 Å². The van der Waals surface area contributed by atoms with Crippen molar-refractivity contribution in [2.24, 2.45) is 17.6 Å². The van der Waals surface area contributed by atoms with Gasteiger partial charge in [-0.25, -0.2) is 0 Å². The monoisotopic (exact) mass is 201 g/mol. The Balaban J connectivity index is 2.34. The first kappa shape index (κ1) is 11.5. The zero-order chi connectivity index (χ0) is 10.4. The Morgan fingerprint density at radius 2 is 2.21 bits per heavy atom. The summed E-state index contributed by atoms with van der Waals surface area (Å²) in [5.74, 6) is 0.249. The van der Waals surface area contributed by atoms with E-state index in [2.05, 4.69) is 0 Å². The molecule has 82 valence electrons. The molecule has 0 aliphatic carbocycles. The topological polar surface area (TPSA) is 61.5 Å². The molecule has 2 N–H and O–H groups in total. The summed E-state index contributed by atoms with van der Waals surface area (Å²) < 4.78 is 9.95. The van der Waals surface area contributed by atoms with E-state index in [-0.39, 0.29) is 11.9 Å². The Morgan fingerprint density at radius 1 is 1.57 bits per heavy atom. The molecule has 0 amide bonds. The summed E-state index contributed by atoms with van der Waals surface area (Å²) in [7, 11) is 1.41. The summed E-state index contributed by atoms with van der Waals surface area (Å²) in [5.41, 5.74) is 5.53. The molecule has 0 unspecified atom stereocenters. The van der Waals surface area contributed by atoms with Crippen LogP contribution in [0.25, 0.3) is 0 Å².